The minimum atomic E-state index is -3.74. The summed E-state index contributed by atoms with van der Waals surface area (Å²) in [6.45, 7) is 1.85. The van der Waals surface area contributed by atoms with Gasteiger partial charge in [-0.3, -0.25) is 4.79 Å². The monoisotopic (exact) mass is 433 g/mol. The summed E-state index contributed by atoms with van der Waals surface area (Å²) in [5.41, 5.74) is 1.68. The SMILES string of the molecule is Cc1cc(NC(=O)CS(=O)(=O)Cc2ccc(F)cc2Cl)ccc1Br. The number of halogens is 3. The van der Waals surface area contributed by atoms with Crippen LogP contribution in [0.5, 0.6) is 0 Å². The number of hydrogen-bond donors (Lipinski definition) is 1. The molecule has 0 aliphatic rings. The van der Waals surface area contributed by atoms with E-state index >= 15 is 0 Å². The van der Waals surface area contributed by atoms with Crippen LogP contribution in [0.2, 0.25) is 5.02 Å². The molecule has 1 amide bonds. The van der Waals surface area contributed by atoms with Gasteiger partial charge in [0.25, 0.3) is 0 Å². The molecule has 0 atom stereocenters. The third-order valence-corrected chi connectivity index (χ3v) is 5.88. The molecule has 0 radical (unpaired) electrons. The van der Waals surface area contributed by atoms with Gasteiger partial charge in [0.2, 0.25) is 5.91 Å². The Hall–Kier alpha value is -1.44. The van der Waals surface area contributed by atoms with Crippen LogP contribution in [-0.4, -0.2) is 20.1 Å². The summed E-state index contributed by atoms with van der Waals surface area (Å²) in [6.07, 6.45) is 0. The number of anilines is 1. The molecule has 2 aromatic carbocycles. The molecule has 4 nitrogen and oxygen atoms in total. The van der Waals surface area contributed by atoms with Crippen LogP contribution in [0.15, 0.2) is 40.9 Å². The largest absolute Gasteiger partial charge is 0.325 e. The highest BCUT2D eigenvalue weighted by molar-refractivity contribution is 9.10. The van der Waals surface area contributed by atoms with Crippen molar-refractivity contribution in [3.63, 3.8) is 0 Å². The molecule has 0 aliphatic heterocycles. The molecule has 0 aromatic heterocycles. The van der Waals surface area contributed by atoms with Crippen LogP contribution < -0.4 is 5.32 Å². The first-order valence-electron chi connectivity index (χ1n) is 6.86. The highest BCUT2D eigenvalue weighted by Gasteiger charge is 2.19. The standard InChI is InChI=1S/C16H14BrClFNO3S/c1-10-6-13(4-5-14(10)17)20-16(21)9-24(22,23)8-11-2-3-12(19)7-15(11)18/h2-7H,8-9H2,1H3,(H,20,21). The number of benzene rings is 2. The molecular formula is C16H14BrClFNO3S. The third kappa shape index (κ3) is 5.29. The van der Waals surface area contributed by atoms with E-state index in [9.17, 15) is 17.6 Å². The molecule has 0 spiro atoms. The lowest BCUT2D eigenvalue weighted by molar-refractivity contribution is -0.113. The van der Waals surface area contributed by atoms with Crippen LogP contribution in [0, 0.1) is 12.7 Å². The lowest BCUT2D eigenvalue weighted by Gasteiger charge is -2.09. The quantitative estimate of drug-likeness (QED) is 0.770. The Labute approximate surface area is 153 Å². The maximum absolute atomic E-state index is 13.0. The smallest absolute Gasteiger partial charge is 0.239 e. The number of carbonyl (C=O) groups excluding carboxylic acids is 1. The normalized spacial score (nSPS) is 11.3. The van der Waals surface area contributed by atoms with Crippen molar-refractivity contribution >= 4 is 49.0 Å². The molecule has 128 valence electrons. The van der Waals surface area contributed by atoms with Crippen LogP contribution >= 0.6 is 27.5 Å². The zero-order valence-electron chi connectivity index (χ0n) is 12.6. The predicted molar refractivity (Wildman–Crippen MR) is 96.4 cm³/mol. The van der Waals surface area contributed by atoms with Gasteiger partial charge in [0, 0.05) is 15.2 Å². The van der Waals surface area contributed by atoms with E-state index in [4.69, 9.17) is 11.6 Å². The number of rotatable bonds is 5. The minimum absolute atomic E-state index is 0.0162. The van der Waals surface area contributed by atoms with Crippen molar-refractivity contribution in [2.24, 2.45) is 0 Å². The number of amides is 1. The minimum Gasteiger partial charge on any atom is -0.325 e. The van der Waals surface area contributed by atoms with Gasteiger partial charge in [-0.2, -0.15) is 0 Å². The van der Waals surface area contributed by atoms with Crippen LogP contribution in [0.4, 0.5) is 10.1 Å². The van der Waals surface area contributed by atoms with E-state index in [2.05, 4.69) is 21.2 Å². The Kier molecular flexibility index (Phi) is 6.01. The first-order chi connectivity index (χ1) is 11.2. The first kappa shape index (κ1) is 18.9. The van der Waals surface area contributed by atoms with Crippen LogP contribution in [0.3, 0.4) is 0 Å². The lowest BCUT2D eigenvalue weighted by atomic mass is 10.2. The Morgan fingerprint density at radius 3 is 2.58 bits per heavy atom. The Bertz CT molecular complexity index is 887. The molecule has 24 heavy (non-hydrogen) atoms. The molecule has 1 N–H and O–H groups in total. The lowest BCUT2D eigenvalue weighted by Crippen LogP contribution is -2.24. The van der Waals surface area contributed by atoms with Crippen LogP contribution in [-0.2, 0) is 20.4 Å². The Morgan fingerprint density at radius 1 is 1.25 bits per heavy atom. The second-order valence-electron chi connectivity index (χ2n) is 5.28. The van der Waals surface area contributed by atoms with E-state index in [1.165, 1.54) is 6.07 Å². The van der Waals surface area contributed by atoms with Gasteiger partial charge in [-0.25, -0.2) is 12.8 Å². The molecule has 0 aliphatic carbocycles. The second kappa shape index (κ2) is 7.63. The summed E-state index contributed by atoms with van der Waals surface area (Å²) in [5, 5.41) is 2.56. The fraction of sp³-hybridized carbons (Fsp3) is 0.188. The summed E-state index contributed by atoms with van der Waals surface area (Å²) >= 11 is 9.17. The highest BCUT2D eigenvalue weighted by Crippen LogP contribution is 2.21. The van der Waals surface area contributed by atoms with E-state index in [1.54, 1.807) is 18.2 Å². The summed E-state index contributed by atoms with van der Waals surface area (Å²) in [4.78, 5) is 12.0. The van der Waals surface area contributed by atoms with Gasteiger partial charge in [0.15, 0.2) is 9.84 Å². The summed E-state index contributed by atoms with van der Waals surface area (Å²) in [6, 6.07) is 8.62. The molecule has 0 saturated heterocycles. The predicted octanol–water partition coefficient (Wildman–Crippen LogP) is 4.10. The van der Waals surface area contributed by atoms with Crippen molar-refractivity contribution in [3.05, 3.63) is 62.8 Å². The summed E-state index contributed by atoms with van der Waals surface area (Å²) in [5.74, 6) is -2.31. The van der Waals surface area contributed by atoms with Crippen molar-refractivity contribution in [2.75, 3.05) is 11.1 Å². The molecule has 0 saturated carbocycles. The first-order valence-corrected chi connectivity index (χ1v) is 9.86. The molecule has 0 fully saturated rings. The number of hydrogen-bond acceptors (Lipinski definition) is 3. The van der Waals surface area contributed by atoms with Gasteiger partial charge in [0.1, 0.15) is 11.6 Å². The summed E-state index contributed by atoms with van der Waals surface area (Å²) in [7, 11) is -3.74. The van der Waals surface area contributed by atoms with E-state index < -0.39 is 33.1 Å². The van der Waals surface area contributed by atoms with Gasteiger partial charge in [-0.1, -0.05) is 33.6 Å². The van der Waals surface area contributed by atoms with Crippen molar-refractivity contribution in [3.8, 4) is 0 Å². The molecule has 8 heteroatoms. The maximum atomic E-state index is 13.0. The van der Waals surface area contributed by atoms with Crippen LogP contribution in [0.1, 0.15) is 11.1 Å². The third-order valence-electron chi connectivity index (χ3n) is 3.18. The van der Waals surface area contributed by atoms with Gasteiger partial charge in [0.05, 0.1) is 5.75 Å². The molecule has 0 bridgehead atoms. The fourth-order valence-electron chi connectivity index (χ4n) is 2.05. The number of sulfone groups is 1. The maximum Gasteiger partial charge on any atom is 0.239 e. The van der Waals surface area contributed by atoms with E-state index in [-0.39, 0.29) is 10.6 Å². The molecular weight excluding hydrogens is 421 g/mol. The zero-order valence-corrected chi connectivity index (χ0v) is 15.8. The van der Waals surface area contributed by atoms with Gasteiger partial charge >= 0.3 is 0 Å². The zero-order chi connectivity index (χ0) is 17.9. The molecule has 0 heterocycles. The number of nitrogens with one attached hydrogen (secondary N) is 1. The number of aryl methyl sites for hydroxylation is 1. The van der Waals surface area contributed by atoms with Crippen molar-refractivity contribution in [1.29, 1.82) is 0 Å². The highest BCUT2D eigenvalue weighted by atomic mass is 79.9. The summed E-state index contributed by atoms with van der Waals surface area (Å²) < 4.78 is 38.2. The van der Waals surface area contributed by atoms with E-state index in [0.29, 0.717) is 5.69 Å². The average Bonchev–Trinajstić information content (AvgIpc) is 2.45. The van der Waals surface area contributed by atoms with Gasteiger partial charge in [-0.05, 0) is 48.4 Å². The second-order valence-corrected chi connectivity index (χ2v) is 8.61. The van der Waals surface area contributed by atoms with Crippen LogP contribution in [0.25, 0.3) is 0 Å². The molecule has 2 aromatic rings. The number of carbonyl (C=O) groups is 1. The topological polar surface area (TPSA) is 63.2 Å². The molecule has 2 rings (SSSR count). The fourth-order valence-corrected chi connectivity index (χ4v) is 3.91. The molecule has 0 unspecified atom stereocenters. The van der Waals surface area contributed by atoms with Gasteiger partial charge < -0.3 is 5.32 Å². The van der Waals surface area contributed by atoms with Crippen molar-refractivity contribution in [1.82, 2.24) is 0 Å². The Morgan fingerprint density at radius 2 is 1.96 bits per heavy atom. The van der Waals surface area contributed by atoms with Crippen molar-refractivity contribution < 1.29 is 17.6 Å². The van der Waals surface area contributed by atoms with E-state index in [1.807, 2.05) is 6.92 Å². The van der Waals surface area contributed by atoms with Gasteiger partial charge in [-0.15, -0.1) is 0 Å². The van der Waals surface area contributed by atoms with E-state index in [0.717, 1.165) is 22.2 Å². The Balaban J connectivity index is 2.05. The average molecular weight is 435 g/mol. The van der Waals surface area contributed by atoms with Crippen molar-refractivity contribution in [2.45, 2.75) is 12.7 Å².